The molecule has 0 bridgehead atoms. The van der Waals surface area contributed by atoms with Crippen LogP contribution in [0.15, 0.2) is 12.1 Å². The number of esters is 1. The molecule has 0 aliphatic heterocycles. The van der Waals surface area contributed by atoms with Crippen LogP contribution in [0.3, 0.4) is 0 Å². The molecule has 24 heavy (non-hydrogen) atoms. The van der Waals surface area contributed by atoms with E-state index in [1.807, 2.05) is 26.0 Å². The molecule has 136 valence electrons. The Balaban J connectivity index is 3.15. The van der Waals surface area contributed by atoms with Gasteiger partial charge in [-0.05, 0) is 31.5 Å². The second-order valence-electron chi connectivity index (χ2n) is 5.40. The first-order valence-electron chi connectivity index (χ1n) is 7.56. The number of alkyl halides is 1. The summed E-state index contributed by atoms with van der Waals surface area (Å²) in [4.78, 5) is 10.8. The third-order valence-corrected chi connectivity index (χ3v) is 4.35. The SMILES string of the molecule is COc1cc(C(Br)C(COC(C)=O)OC)cc(OC)c1OC(C)C. The minimum atomic E-state index is -0.361. The maximum atomic E-state index is 11.0. The van der Waals surface area contributed by atoms with E-state index in [1.165, 1.54) is 6.92 Å². The van der Waals surface area contributed by atoms with Crippen molar-refractivity contribution in [2.24, 2.45) is 0 Å². The molecule has 0 saturated heterocycles. The summed E-state index contributed by atoms with van der Waals surface area (Å²) in [5.41, 5.74) is 0.860. The monoisotopic (exact) mass is 404 g/mol. The van der Waals surface area contributed by atoms with Crippen molar-refractivity contribution >= 4 is 21.9 Å². The van der Waals surface area contributed by atoms with E-state index in [9.17, 15) is 4.79 Å². The molecule has 1 aromatic rings. The van der Waals surface area contributed by atoms with Gasteiger partial charge in [0.05, 0.1) is 25.2 Å². The predicted molar refractivity (Wildman–Crippen MR) is 94.4 cm³/mol. The number of ether oxygens (including phenoxy) is 5. The number of carbonyl (C=O) groups is 1. The van der Waals surface area contributed by atoms with Gasteiger partial charge in [0.25, 0.3) is 0 Å². The lowest BCUT2D eigenvalue weighted by Gasteiger charge is -2.23. The van der Waals surface area contributed by atoms with Crippen molar-refractivity contribution in [2.45, 2.75) is 37.8 Å². The minimum absolute atomic E-state index is 0.0193. The number of hydrogen-bond acceptors (Lipinski definition) is 6. The largest absolute Gasteiger partial charge is 0.493 e. The third-order valence-electron chi connectivity index (χ3n) is 3.23. The van der Waals surface area contributed by atoms with Crippen LogP contribution in [-0.4, -0.2) is 46.1 Å². The molecule has 2 unspecified atom stereocenters. The normalized spacial score (nSPS) is 13.3. The van der Waals surface area contributed by atoms with Gasteiger partial charge in [-0.1, -0.05) is 15.9 Å². The molecule has 0 saturated carbocycles. The molecule has 1 aromatic carbocycles. The second-order valence-corrected chi connectivity index (χ2v) is 6.39. The van der Waals surface area contributed by atoms with Crippen LogP contribution in [0.4, 0.5) is 0 Å². The van der Waals surface area contributed by atoms with Crippen LogP contribution in [0.25, 0.3) is 0 Å². The summed E-state index contributed by atoms with van der Waals surface area (Å²) in [6.07, 6.45) is -0.380. The summed E-state index contributed by atoms with van der Waals surface area (Å²) in [5, 5.41) is 0. The zero-order chi connectivity index (χ0) is 18.3. The lowest BCUT2D eigenvalue weighted by atomic mass is 10.1. The van der Waals surface area contributed by atoms with Crippen LogP contribution in [0.5, 0.6) is 17.2 Å². The van der Waals surface area contributed by atoms with Crippen LogP contribution in [0.1, 0.15) is 31.2 Å². The summed E-state index contributed by atoms with van der Waals surface area (Å²) in [7, 11) is 4.70. The number of rotatable bonds is 9. The maximum absolute atomic E-state index is 11.0. The van der Waals surface area contributed by atoms with E-state index in [1.54, 1.807) is 21.3 Å². The summed E-state index contributed by atoms with van der Waals surface area (Å²) in [6.45, 7) is 5.36. The standard InChI is InChI=1S/C17H25BrO6/c1-10(2)24-17-13(20-4)7-12(8-14(17)21-5)16(18)15(22-6)9-23-11(3)19/h7-8,10,15-16H,9H2,1-6H3. The number of methoxy groups -OCH3 is 3. The highest BCUT2D eigenvalue weighted by molar-refractivity contribution is 9.09. The van der Waals surface area contributed by atoms with Gasteiger partial charge in [0.1, 0.15) is 12.7 Å². The Morgan fingerprint density at radius 2 is 1.67 bits per heavy atom. The number of hydrogen-bond donors (Lipinski definition) is 0. The third kappa shape index (κ3) is 5.56. The van der Waals surface area contributed by atoms with Crippen molar-refractivity contribution in [3.8, 4) is 17.2 Å². The Hall–Kier alpha value is -1.47. The van der Waals surface area contributed by atoms with Crippen LogP contribution >= 0.6 is 15.9 Å². The van der Waals surface area contributed by atoms with Gasteiger partial charge >= 0.3 is 5.97 Å². The molecule has 0 aliphatic carbocycles. The van der Waals surface area contributed by atoms with E-state index in [0.717, 1.165) is 5.56 Å². The smallest absolute Gasteiger partial charge is 0.302 e. The molecule has 0 amide bonds. The molecule has 2 atom stereocenters. The first-order chi connectivity index (χ1) is 11.3. The first kappa shape index (κ1) is 20.6. The van der Waals surface area contributed by atoms with Gasteiger partial charge in [-0.15, -0.1) is 0 Å². The maximum Gasteiger partial charge on any atom is 0.302 e. The number of carbonyl (C=O) groups excluding carboxylic acids is 1. The highest BCUT2D eigenvalue weighted by Gasteiger charge is 2.25. The molecule has 0 spiro atoms. The van der Waals surface area contributed by atoms with Gasteiger partial charge in [-0.2, -0.15) is 0 Å². The molecule has 0 aliphatic rings. The Morgan fingerprint density at radius 1 is 1.12 bits per heavy atom. The average Bonchev–Trinajstić information content (AvgIpc) is 2.54. The highest BCUT2D eigenvalue weighted by atomic mass is 79.9. The zero-order valence-electron chi connectivity index (χ0n) is 14.9. The van der Waals surface area contributed by atoms with E-state index in [0.29, 0.717) is 17.2 Å². The van der Waals surface area contributed by atoms with Gasteiger partial charge in [0.2, 0.25) is 5.75 Å². The quantitative estimate of drug-likeness (QED) is 0.463. The van der Waals surface area contributed by atoms with Crippen molar-refractivity contribution in [2.75, 3.05) is 27.9 Å². The number of halogens is 1. The van der Waals surface area contributed by atoms with Gasteiger partial charge in [-0.3, -0.25) is 4.79 Å². The van der Waals surface area contributed by atoms with Crippen LogP contribution in [-0.2, 0) is 14.3 Å². The molecule has 6 nitrogen and oxygen atoms in total. The molecular formula is C17H25BrO6. The predicted octanol–water partition coefficient (Wildman–Crippen LogP) is 3.51. The average molecular weight is 405 g/mol. The van der Waals surface area contributed by atoms with E-state index >= 15 is 0 Å². The Bertz CT molecular complexity index is 521. The molecule has 0 radical (unpaired) electrons. The van der Waals surface area contributed by atoms with Crippen LogP contribution < -0.4 is 14.2 Å². The second kappa shape index (κ2) is 9.74. The summed E-state index contributed by atoms with van der Waals surface area (Å²) < 4.78 is 27.1. The van der Waals surface area contributed by atoms with Crippen LogP contribution in [0.2, 0.25) is 0 Å². The van der Waals surface area contributed by atoms with Gasteiger partial charge in [0.15, 0.2) is 11.5 Å². The van der Waals surface area contributed by atoms with Gasteiger partial charge in [-0.25, -0.2) is 0 Å². The lowest BCUT2D eigenvalue weighted by Crippen LogP contribution is -2.24. The van der Waals surface area contributed by atoms with Crippen molar-refractivity contribution in [3.05, 3.63) is 17.7 Å². The molecule has 0 aromatic heterocycles. The topological polar surface area (TPSA) is 63.2 Å². The van der Waals surface area contributed by atoms with Gasteiger partial charge < -0.3 is 23.7 Å². The van der Waals surface area contributed by atoms with E-state index < -0.39 is 0 Å². The summed E-state index contributed by atoms with van der Waals surface area (Å²) in [5.74, 6) is 1.31. The first-order valence-corrected chi connectivity index (χ1v) is 8.48. The Kier molecular flexibility index (Phi) is 8.35. The van der Waals surface area contributed by atoms with Crippen molar-refractivity contribution in [1.29, 1.82) is 0 Å². The fourth-order valence-corrected chi connectivity index (χ4v) is 2.73. The summed E-state index contributed by atoms with van der Waals surface area (Å²) in [6, 6.07) is 3.69. The van der Waals surface area contributed by atoms with Crippen LogP contribution in [0, 0.1) is 0 Å². The van der Waals surface area contributed by atoms with Crippen molar-refractivity contribution in [1.82, 2.24) is 0 Å². The Labute approximate surface area is 151 Å². The van der Waals surface area contributed by atoms with Crippen molar-refractivity contribution in [3.63, 3.8) is 0 Å². The van der Waals surface area contributed by atoms with E-state index in [2.05, 4.69) is 15.9 Å². The van der Waals surface area contributed by atoms with Crippen molar-refractivity contribution < 1.29 is 28.5 Å². The highest BCUT2D eigenvalue weighted by Crippen LogP contribution is 2.43. The molecular weight excluding hydrogens is 380 g/mol. The molecule has 0 fully saturated rings. The molecule has 1 rings (SSSR count). The molecule has 0 heterocycles. The fraction of sp³-hybridized carbons (Fsp3) is 0.588. The van der Waals surface area contributed by atoms with E-state index in [4.69, 9.17) is 23.7 Å². The fourth-order valence-electron chi connectivity index (χ4n) is 2.10. The lowest BCUT2D eigenvalue weighted by molar-refractivity contribution is -0.144. The Morgan fingerprint density at radius 3 is 2.04 bits per heavy atom. The zero-order valence-corrected chi connectivity index (χ0v) is 16.5. The molecule has 7 heteroatoms. The van der Waals surface area contributed by atoms with E-state index in [-0.39, 0.29) is 29.6 Å². The minimum Gasteiger partial charge on any atom is -0.493 e. The number of benzene rings is 1. The van der Waals surface area contributed by atoms with Gasteiger partial charge in [0, 0.05) is 14.0 Å². The summed E-state index contributed by atoms with van der Waals surface area (Å²) >= 11 is 3.60. The molecule has 0 N–H and O–H groups in total.